The molecule has 3 heteroatoms. The van der Waals surface area contributed by atoms with E-state index in [-0.39, 0.29) is 0 Å². The van der Waals surface area contributed by atoms with Gasteiger partial charge in [-0.1, -0.05) is 13.3 Å². The van der Waals surface area contributed by atoms with Crippen LogP contribution in [-0.4, -0.2) is 50.3 Å². The molecule has 15 heavy (non-hydrogen) atoms. The molecule has 1 N–H and O–H groups in total. The highest BCUT2D eigenvalue weighted by molar-refractivity contribution is 4.77. The van der Waals surface area contributed by atoms with E-state index in [1.807, 2.05) is 0 Å². The molecule has 2 rings (SSSR count). The lowest BCUT2D eigenvalue weighted by Crippen LogP contribution is -2.47. The van der Waals surface area contributed by atoms with Crippen LogP contribution in [0.15, 0.2) is 0 Å². The Bertz CT molecular complexity index is 180. The lowest BCUT2D eigenvalue weighted by molar-refractivity contribution is -0.00244. The molecule has 3 nitrogen and oxygen atoms in total. The van der Waals surface area contributed by atoms with Crippen molar-refractivity contribution in [3.63, 3.8) is 0 Å². The summed E-state index contributed by atoms with van der Waals surface area (Å²) in [7, 11) is 0. The van der Waals surface area contributed by atoms with Gasteiger partial charge in [-0.3, -0.25) is 0 Å². The van der Waals surface area contributed by atoms with Gasteiger partial charge in [-0.2, -0.15) is 0 Å². The van der Waals surface area contributed by atoms with E-state index in [1.165, 1.54) is 32.4 Å². The van der Waals surface area contributed by atoms with Crippen LogP contribution in [-0.2, 0) is 4.74 Å². The first kappa shape index (κ1) is 11.4. The van der Waals surface area contributed by atoms with Crippen molar-refractivity contribution >= 4 is 0 Å². The Kier molecular flexibility index (Phi) is 4.42. The molecule has 0 radical (unpaired) electrons. The second-order valence-corrected chi connectivity index (χ2v) is 4.87. The first-order chi connectivity index (χ1) is 7.38. The molecule has 2 heterocycles. The Balaban J connectivity index is 1.72. The van der Waals surface area contributed by atoms with Gasteiger partial charge in [-0.05, 0) is 25.3 Å². The van der Waals surface area contributed by atoms with Gasteiger partial charge in [0, 0.05) is 26.2 Å². The summed E-state index contributed by atoms with van der Waals surface area (Å²) in [5.74, 6) is 0.926. The smallest absolute Gasteiger partial charge is 0.0826 e. The second-order valence-electron chi connectivity index (χ2n) is 4.87. The molecular weight excluding hydrogens is 188 g/mol. The highest BCUT2D eigenvalue weighted by atomic mass is 16.5. The zero-order valence-electron chi connectivity index (χ0n) is 9.87. The van der Waals surface area contributed by atoms with Gasteiger partial charge in [0.05, 0.1) is 12.7 Å². The highest BCUT2D eigenvalue weighted by Gasteiger charge is 2.22. The van der Waals surface area contributed by atoms with Crippen molar-refractivity contribution in [2.45, 2.75) is 32.3 Å². The van der Waals surface area contributed by atoms with Gasteiger partial charge < -0.3 is 15.0 Å². The molecule has 0 aromatic carbocycles. The van der Waals surface area contributed by atoms with E-state index in [1.54, 1.807) is 0 Å². The molecule has 2 saturated heterocycles. The monoisotopic (exact) mass is 212 g/mol. The zero-order valence-corrected chi connectivity index (χ0v) is 9.87. The number of morpholine rings is 1. The van der Waals surface area contributed by atoms with Crippen molar-refractivity contribution in [1.82, 2.24) is 10.2 Å². The minimum atomic E-state index is 0.425. The van der Waals surface area contributed by atoms with E-state index >= 15 is 0 Å². The standard InChI is InChI=1S/C12H24N2O/c1-2-11-4-3-6-14(9-11)10-12-8-13-5-7-15-12/h11-13H,2-10H2,1H3. The van der Waals surface area contributed by atoms with E-state index in [2.05, 4.69) is 17.1 Å². The number of nitrogens with zero attached hydrogens (tertiary/aromatic N) is 1. The molecule has 0 amide bonds. The average molecular weight is 212 g/mol. The summed E-state index contributed by atoms with van der Waals surface area (Å²) >= 11 is 0. The van der Waals surface area contributed by atoms with Gasteiger partial charge in [0.2, 0.25) is 0 Å². The van der Waals surface area contributed by atoms with Crippen molar-refractivity contribution in [1.29, 1.82) is 0 Å². The van der Waals surface area contributed by atoms with Crippen LogP contribution < -0.4 is 5.32 Å². The number of piperidine rings is 1. The molecule has 0 spiro atoms. The lowest BCUT2D eigenvalue weighted by atomic mass is 9.95. The molecule has 2 aliphatic heterocycles. The van der Waals surface area contributed by atoms with Crippen molar-refractivity contribution in [3.8, 4) is 0 Å². The summed E-state index contributed by atoms with van der Waals surface area (Å²) in [6.45, 7) is 8.94. The van der Waals surface area contributed by atoms with E-state index in [0.717, 1.165) is 32.2 Å². The maximum atomic E-state index is 5.75. The molecule has 0 aromatic rings. The van der Waals surface area contributed by atoms with Gasteiger partial charge in [0.25, 0.3) is 0 Å². The van der Waals surface area contributed by atoms with Crippen LogP contribution in [0.25, 0.3) is 0 Å². The van der Waals surface area contributed by atoms with Gasteiger partial charge in [-0.25, -0.2) is 0 Å². The molecule has 2 aliphatic rings. The highest BCUT2D eigenvalue weighted by Crippen LogP contribution is 2.19. The summed E-state index contributed by atoms with van der Waals surface area (Å²) < 4.78 is 5.75. The average Bonchev–Trinajstić information content (AvgIpc) is 2.31. The fourth-order valence-corrected chi connectivity index (χ4v) is 2.68. The van der Waals surface area contributed by atoms with Crippen LogP contribution in [0.3, 0.4) is 0 Å². The second kappa shape index (κ2) is 5.83. The third-order valence-electron chi connectivity index (χ3n) is 3.65. The van der Waals surface area contributed by atoms with Crippen LogP contribution in [0.1, 0.15) is 26.2 Å². The molecule has 0 aliphatic carbocycles. The van der Waals surface area contributed by atoms with Crippen molar-refractivity contribution < 1.29 is 4.74 Å². The SMILES string of the molecule is CCC1CCCN(CC2CNCCO2)C1. The third kappa shape index (κ3) is 3.44. The molecule has 0 bridgehead atoms. The maximum absolute atomic E-state index is 5.75. The Hall–Kier alpha value is -0.120. The Labute approximate surface area is 93.2 Å². The van der Waals surface area contributed by atoms with Gasteiger partial charge in [0.15, 0.2) is 0 Å². The fraction of sp³-hybridized carbons (Fsp3) is 1.00. The number of rotatable bonds is 3. The van der Waals surface area contributed by atoms with Gasteiger partial charge in [0.1, 0.15) is 0 Å². The van der Waals surface area contributed by atoms with Crippen LogP contribution in [0.5, 0.6) is 0 Å². The molecule has 2 unspecified atom stereocenters. The van der Waals surface area contributed by atoms with E-state index in [0.29, 0.717) is 6.10 Å². The Morgan fingerprint density at radius 2 is 2.40 bits per heavy atom. The molecule has 88 valence electrons. The maximum Gasteiger partial charge on any atom is 0.0826 e. The molecule has 2 fully saturated rings. The minimum Gasteiger partial charge on any atom is -0.374 e. The number of nitrogens with one attached hydrogen (secondary N) is 1. The van der Waals surface area contributed by atoms with Crippen LogP contribution in [0.2, 0.25) is 0 Å². The predicted octanol–water partition coefficient (Wildman–Crippen LogP) is 1.10. The van der Waals surface area contributed by atoms with Gasteiger partial charge in [-0.15, -0.1) is 0 Å². The predicted molar refractivity (Wildman–Crippen MR) is 62.1 cm³/mol. The molecular formula is C12H24N2O. The van der Waals surface area contributed by atoms with E-state index in [4.69, 9.17) is 4.74 Å². The summed E-state index contributed by atoms with van der Waals surface area (Å²) in [5.41, 5.74) is 0. The van der Waals surface area contributed by atoms with Crippen LogP contribution in [0, 0.1) is 5.92 Å². The summed E-state index contributed by atoms with van der Waals surface area (Å²) in [5, 5.41) is 3.40. The summed E-state index contributed by atoms with van der Waals surface area (Å²) in [6, 6.07) is 0. The Morgan fingerprint density at radius 3 is 3.13 bits per heavy atom. The largest absolute Gasteiger partial charge is 0.374 e. The first-order valence-corrected chi connectivity index (χ1v) is 6.43. The first-order valence-electron chi connectivity index (χ1n) is 6.43. The molecule has 0 aromatic heterocycles. The van der Waals surface area contributed by atoms with Crippen molar-refractivity contribution in [2.75, 3.05) is 39.3 Å². The van der Waals surface area contributed by atoms with Crippen molar-refractivity contribution in [2.24, 2.45) is 5.92 Å². The van der Waals surface area contributed by atoms with Crippen LogP contribution in [0.4, 0.5) is 0 Å². The minimum absolute atomic E-state index is 0.425. The zero-order chi connectivity index (χ0) is 10.5. The Morgan fingerprint density at radius 1 is 1.47 bits per heavy atom. The topological polar surface area (TPSA) is 24.5 Å². The van der Waals surface area contributed by atoms with Gasteiger partial charge >= 0.3 is 0 Å². The lowest BCUT2D eigenvalue weighted by Gasteiger charge is -2.35. The fourth-order valence-electron chi connectivity index (χ4n) is 2.68. The van der Waals surface area contributed by atoms with E-state index < -0.39 is 0 Å². The van der Waals surface area contributed by atoms with Crippen molar-refractivity contribution in [3.05, 3.63) is 0 Å². The number of likely N-dealkylation sites (tertiary alicyclic amines) is 1. The molecule has 0 saturated carbocycles. The summed E-state index contributed by atoms with van der Waals surface area (Å²) in [6.07, 6.45) is 4.56. The number of ether oxygens (including phenoxy) is 1. The number of hydrogen-bond acceptors (Lipinski definition) is 3. The summed E-state index contributed by atoms with van der Waals surface area (Å²) in [4.78, 5) is 2.59. The number of hydrogen-bond donors (Lipinski definition) is 1. The normalized spacial score (nSPS) is 34.2. The van der Waals surface area contributed by atoms with Crippen LogP contribution >= 0.6 is 0 Å². The van der Waals surface area contributed by atoms with E-state index in [9.17, 15) is 0 Å². The quantitative estimate of drug-likeness (QED) is 0.758. The molecule has 2 atom stereocenters. The third-order valence-corrected chi connectivity index (χ3v) is 3.65.